The maximum Gasteiger partial charge on any atom is 0.306 e. The molecule has 23 heavy (non-hydrogen) atoms. The zero-order valence-corrected chi connectivity index (χ0v) is 14.6. The minimum Gasteiger partial charge on any atom is -0.481 e. The standard InChI is InChI=1S/C15H26O4.C2H6O2/c1-14(2,3)15(10-6-4-5-7-11-15)19-13(18)9-8-12(16)17;3-1-2-4/h4-11H2,1-3H3,(H,16,17);3-4H,1-2H2. The van der Waals surface area contributed by atoms with E-state index in [1.807, 2.05) is 0 Å². The molecule has 0 aromatic heterocycles. The van der Waals surface area contributed by atoms with E-state index < -0.39 is 11.6 Å². The van der Waals surface area contributed by atoms with E-state index in [-0.39, 0.29) is 37.4 Å². The molecule has 3 N–H and O–H groups in total. The molecule has 6 nitrogen and oxygen atoms in total. The number of aliphatic carboxylic acids is 1. The molecule has 0 aromatic carbocycles. The highest BCUT2D eigenvalue weighted by atomic mass is 16.6. The zero-order chi connectivity index (χ0) is 17.9. The first-order chi connectivity index (χ1) is 10.7. The fourth-order valence-electron chi connectivity index (χ4n) is 2.78. The summed E-state index contributed by atoms with van der Waals surface area (Å²) in [5, 5.41) is 23.9. The van der Waals surface area contributed by atoms with Crippen LogP contribution in [0.3, 0.4) is 0 Å². The number of aliphatic hydroxyl groups excluding tert-OH is 2. The number of aliphatic hydroxyl groups is 2. The van der Waals surface area contributed by atoms with Crippen LogP contribution in [-0.4, -0.2) is 46.1 Å². The van der Waals surface area contributed by atoms with E-state index in [9.17, 15) is 9.59 Å². The highest BCUT2D eigenvalue weighted by Gasteiger charge is 2.45. The van der Waals surface area contributed by atoms with Crippen LogP contribution in [0.1, 0.15) is 72.1 Å². The third-order valence-electron chi connectivity index (χ3n) is 4.23. The van der Waals surface area contributed by atoms with Crippen LogP contribution in [0.5, 0.6) is 0 Å². The topological polar surface area (TPSA) is 104 Å². The second kappa shape index (κ2) is 10.6. The SMILES string of the molecule is CC(C)(C)C1(OC(=O)CCC(=O)O)CCCCCC1.OCCO. The van der Waals surface area contributed by atoms with E-state index in [0.717, 1.165) is 25.7 Å². The van der Waals surface area contributed by atoms with Crippen LogP contribution >= 0.6 is 0 Å². The van der Waals surface area contributed by atoms with E-state index in [2.05, 4.69) is 20.8 Å². The number of ether oxygens (including phenoxy) is 1. The summed E-state index contributed by atoms with van der Waals surface area (Å²) in [6.45, 7) is 6.05. The van der Waals surface area contributed by atoms with Gasteiger partial charge in [0, 0.05) is 5.41 Å². The summed E-state index contributed by atoms with van der Waals surface area (Å²) < 4.78 is 5.77. The van der Waals surface area contributed by atoms with E-state index in [0.29, 0.717) is 0 Å². The van der Waals surface area contributed by atoms with Crippen molar-refractivity contribution >= 4 is 11.9 Å². The van der Waals surface area contributed by atoms with Gasteiger partial charge in [0.05, 0.1) is 26.1 Å². The summed E-state index contributed by atoms with van der Waals surface area (Å²) in [4.78, 5) is 22.4. The van der Waals surface area contributed by atoms with Gasteiger partial charge in [-0.3, -0.25) is 9.59 Å². The van der Waals surface area contributed by atoms with Gasteiger partial charge in [0.25, 0.3) is 0 Å². The lowest BCUT2D eigenvalue weighted by atomic mass is 9.71. The Bertz CT molecular complexity index is 349. The van der Waals surface area contributed by atoms with Gasteiger partial charge in [-0.25, -0.2) is 0 Å². The second-order valence-electron chi connectivity index (χ2n) is 6.97. The average Bonchev–Trinajstić information content (AvgIpc) is 2.71. The van der Waals surface area contributed by atoms with E-state index in [1.54, 1.807) is 0 Å². The highest BCUT2D eigenvalue weighted by Crippen LogP contribution is 2.44. The van der Waals surface area contributed by atoms with Gasteiger partial charge in [-0.05, 0) is 25.7 Å². The van der Waals surface area contributed by atoms with E-state index in [4.69, 9.17) is 20.1 Å². The van der Waals surface area contributed by atoms with Gasteiger partial charge in [-0.15, -0.1) is 0 Å². The first-order valence-corrected chi connectivity index (χ1v) is 8.34. The first-order valence-electron chi connectivity index (χ1n) is 8.34. The number of hydrogen-bond acceptors (Lipinski definition) is 5. The van der Waals surface area contributed by atoms with Gasteiger partial charge >= 0.3 is 11.9 Å². The van der Waals surface area contributed by atoms with Crippen molar-refractivity contribution in [2.45, 2.75) is 77.7 Å². The van der Waals surface area contributed by atoms with Gasteiger partial charge in [0.15, 0.2) is 0 Å². The lowest BCUT2D eigenvalue weighted by Crippen LogP contribution is -2.46. The number of esters is 1. The quantitative estimate of drug-likeness (QED) is 0.528. The Morgan fingerprint density at radius 2 is 1.43 bits per heavy atom. The molecule has 1 rings (SSSR count). The van der Waals surface area contributed by atoms with E-state index in [1.165, 1.54) is 12.8 Å². The second-order valence-corrected chi connectivity index (χ2v) is 6.97. The molecule has 0 aromatic rings. The summed E-state index contributed by atoms with van der Waals surface area (Å²) >= 11 is 0. The molecule has 0 saturated heterocycles. The number of carbonyl (C=O) groups excluding carboxylic acids is 1. The molecular formula is C17H32O6. The summed E-state index contributed by atoms with van der Waals surface area (Å²) in [5.74, 6) is -1.33. The molecule has 0 aliphatic heterocycles. The van der Waals surface area contributed by atoms with Crippen molar-refractivity contribution in [3.8, 4) is 0 Å². The van der Waals surface area contributed by atoms with Crippen molar-refractivity contribution in [3.63, 3.8) is 0 Å². The first kappa shape index (κ1) is 21.9. The number of hydrogen-bond donors (Lipinski definition) is 3. The van der Waals surface area contributed by atoms with Crippen LogP contribution < -0.4 is 0 Å². The number of carboxylic acids is 1. The maximum absolute atomic E-state index is 11.9. The molecule has 0 heterocycles. The maximum atomic E-state index is 11.9. The van der Waals surface area contributed by atoms with Crippen LogP contribution in [0.4, 0.5) is 0 Å². The summed E-state index contributed by atoms with van der Waals surface area (Å²) in [6.07, 6.45) is 6.10. The summed E-state index contributed by atoms with van der Waals surface area (Å²) in [5.41, 5.74) is -0.546. The molecule has 1 fully saturated rings. The summed E-state index contributed by atoms with van der Waals surface area (Å²) in [7, 11) is 0. The molecule has 0 unspecified atom stereocenters. The van der Waals surface area contributed by atoms with Crippen LogP contribution in [-0.2, 0) is 14.3 Å². The molecule has 1 aliphatic carbocycles. The van der Waals surface area contributed by atoms with Crippen molar-refractivity contribution in [3.05, 3.63) is 0 Å². The molecule has 0 atom stereocenters. The molecule has 1 aliphatic rings. The third-order valence-corrected chi connectivity index (χ3v) is 4.23. The Morgan fingerprint density at radius 3 is 1.78 bits per heavy atom. The Kier molecular flexibility index (Phi) is 10.1. The number of carbonyl (C=O) groups is 2. The molecular weight excluding hydrogens is 300 g/mol. The smallest absolute Gasteiger partial charge is 0.306 e. The van der Waals surface area contributed by atoms with Crippen molar-refractivity contribution in [1.29, 1.82) is 0 Å². The minimum absolute atomic E-state index is 0.0346. The molecule has 0 radical (unpaired) electrons. The Hall–Kier alpha value is -1.14. The van der Waals surface area contributed by atoms with Crippen molar-refractivity contribution in [1.82, 2.24) is 0 Å². The van der Waals surface area contributed by atoms with Gasteiger partial charge < -0.3 is 20.1 Å². The largest absolute Gasteiger partial charge is 0.481 e. The monoisotopic (exact) mass is 332 g/mol. The van der Waals surface area contributed by atoms with Gasteiger partial charge in [0.1, 0.15) is 5.60 Å². The van der Waals surface area contributed by atoms with Crippen LogP contribution in [0.2, 0.25) is 0 Å². The van der Waals surface area contributed by atoms with Crippen molar-refractivity contribution in [2.75, 3.05) is 13.2 Å². The van der Waals surface area contributed by atoms with Crippen molar-refractivity contribution < 1.29 is 29.6 Å². The Morgan fingerprint density at radius 1 is 0.957 bits per heavy atom. The number of carboxylic acid groups (broad SMARTS) is 1. The predicted octanol–water partition coefficient (Wildman–Crippen LogP) is 2.50. The summed E-state index contributed by atoms with van der Waals surface area (Å²) in [6, 6.07) is 0. The average molecular weight is 332 g/mol. The van der Waals surface area contributed by atoms with Gasteiger partial charge in [-0.2, -0.15) is 0 Å². The molecule has 136 valence electrons. The van der Waals surface area contributed by atoms with Gasteiger partial charge in [0.2, 0.25) is 0 Å². The Labute approximate surface area is 138 Å². The lowest BCUT2D eigenvalue weighted by molar-refractivity contribution is -0.177. The normalized spacial score (nSPS) is 17.4. The fraction of sp³-hybridized carbons (Fsp3) is 0.882. The molecule has 0 amide bonds. The lowest BCUT2D eigenvalue weighted by Gasteiger charge is -2.43. The van der Waals surface area contributed by atoms with Crippen LogP contribution in [0, 0.1) is 5.41 Å². The van der Waals surface area contributed by atoms with Gasteiger partial charge in [-0.1, -0.05) is 33.6 Å². The molecule has 0 spiro atoms. The molecule has 1 saturated carbocycles. The third kappa shape index (κ3) is 8.32. The minimum atomic E-state index is -0.956. The molecule has 0 bridgehead atoms. The highest BCUT2D eigenvalue weighted by molar-refractivity contribution is 5.76. The fourth-order valence-corrected chi connectivity index (χ4v) is 2.78. The molecule has 6 heteroatoms. The van der Waals surface area contributed by atoms with Crippen LogP contribution in [0.25, 0.3) is 0 Å². The Balaban J connectivity index is 0.00000108. The predicted molar refractivity (Wildman–Crippen MR) is 87.0 cm³/mol. The van der Waals surface area contributed by atoms with E-state index >= 15 is 0 Å². The van der Waals surface area contributed by atoms with Crippen LogP contribution in [0.15, 0.2) is 0 Å². The van der Waals surface area contributed by atoms with Crippen molar-refractivity contribution in [2.24, 2.45) is 5.41 Å². The zero-order valence-electron chi connectivity index (χ0n) is 14.6. The number of rotatable bonds is 5.